The van der Waals surface area contributed by atoms with E-state index < -0.39 is 5.91 Å². The monoisotopic (exact) mass is 418 g/mol. The lowest BCUT2D eigenvalue weighted by Gasteiger charge is -2.03. The van der Waals surface area contributed by atoms with Crippen molar-refractivity contribution in [1.29, 1.82) is 0 Å². The molecule has 0 unspecified atom stereocenters. The standard InChI is InChI=1S/C22H18N4O3S/c1-14-2-4-15(5-3-14)8-11-20-24-22-26(25-20)21(28)18(30-22)12-16-6-9-17(10-7-16)29-13-19(23)27/h2-12H,13H2,1H3,(H2,23,27)/b11-8+,18-12+. The predicted molar refractivity (Wildman–Crippen MR) is 117 cm³/mol. The van der Waals surface area contributed by atoms with Crippen LogP contribution < -0.4 is 20.6 Å². The molecule has 1 amide bonds. The average molecular weight is 418 g/mol. The number of ether oxygens (including phenoxy) is 1. The number of hydrogen-bond donors (Lipinski definition) is 1. The number of benzene rings is 2. The first-order valence-corrected chi connectivity index (χ1v) is 9.97. The summed E-state index contributed by atoms with van der Waals surface area (Å²) in [6.07, 6.45) is 5.47. The van der Waals surface area contributed by atoms with Crippen LogP contribution in [0.4, 0.5) is 0 Å². The van der Waals surface area contributed by atoms with Gasteiger partial charge < -0.3 is 10.5 Å². The number of nitrogens with zero attached hydrogens (tertiary/aromatic N) is 3. The molecule has 0 saturated carbocycles. The van der Waals surface area contributed by atoms with Crippen molar-refractivity contribution in [3.8, 4) is 5.75 Å². The van der Waals surface area contributed by atoms with Crippen LogP contribution in [0, 0.1) is 6.92 Å². The fourth-order valence-electron chi connectivity index (χ4n) is 2.73. The van der Waals surface area contributed by atoms with Crippen LogP contribution in [-0.2, 0) is 4.79 Å². The third kappa shape index (κ3) is 4.44. The van der Waals surface area contributed by atoms with Crippen molar-refractivity contribution >= 4 is 40.4 Å². The molecule has 2 N–H and O–H groups in total. The Morgan fingerprint density at radius 2 is 1.80 bits per heavy atom. The smallest absolute Gasteiger partial charge is 0.291 e. The maximum Gasteiger partial charge on any atom is 0.291 e. The summed E-state index contributed by atoms with van der Waals surface area (Å²) >= 11 is 1.28. The molecule has 2 heterocycles. The van der Waals surface area contributed by atoms with Crippen LogP contribution in [0.3, 0.4) is 0 Å². The Kier molecular flexibility index (Phi) is 5.40. The maximum atomic E-state index is 12.6. The third-order valence-corrected chi connectivity index (χ3v) is 5.22. The zero-order valence-corrected chi connectivity index (χ0v) is 16.9. The Bertz CT molecular complexity index is 1340. The van der Waals surface area contributed by atoms with Gasteiger partial charge in [-0.3, -0.25) is 9.59 Å². The number of nitrogens with two attached hydrogens (primary N) is 1. The van der Waals surface area contributed by atoms with Crippen molar-refractivity contribution in [3.05, 3.63) is 85.9 Å². The predicted octanol–water partition coefficient (Wildman–Crippen LogP) is 2.04. The molecule has 0 radical (unpaired) electrons. The molecule has 0 aliphatic heterocycles. The Morgan fingerprint density at radius 3 is 2.47 bits per heavy atom. The van der Waals surface area contributed by atoms with E-state index in [-0.39, 0.29) is 12.2 Å². The number of aryl methyl sites for hydroxylation is 1. The van der Waals surface area contributed by atoms with Crippen LogP contribution in [0.5, 0.6) is 5.75 Å². The number of carbonyl (C=O) groups excluding carboxylic acids is 1. The second-order valence-electron chi connectivity index (χ2n) is 6.65. The zero-order valence-electron chi connectivity index (χ0n) is 16.1. The molecule has 0 fully saturated rings. The van der Waals surface area contributed by atoms with Crippen LogP contribution in [0.15, 0.2) is 53.3 Å². The number of hydrogen-bond acceptors (Lipinski definition) is 6. The molecule has 0 bridgehead atoms. The molecule has 0 aliphatic carbocycles. The van der Waals surface area contributed by atoms with E-state index in [0.29, 0.717) is 21.1 Å². The molecule has 4 aromatic rings. The van der Waals surface area contributed by atoms with Crippen molar-refractivity contribution < 1.29 is 9.53 Å². The molecule has 8 heteroatoms. The molecular formula is C22H18N4O3S. The van der Waals surface area contributed by atoms with E-state index in [1.165, 1.54) is 21.4 Å². The number of thiazole rings is 1. The third-order valence-electron chi connectivity index (χ3n) is 4.26. The molecule has 4 rings (SSSR count). The van der Waals surface area contributed by atoms with Crippen LogP contribution in [0.1, 0.15) is 22.5 Å². The molecular weight excluding hydrogens is 400 g/mol. The zero-order chi connectivity index (χ0) is 21.1. The molecule has 2 aromatic carbocycles. The molecule has 2 aromatic heterocycles. The highest BCUT2D eigenvalue weighted by Gasteiger charge is 2.09. The molecule has 0 aliphatic rings. The Labute approximate surface area is 175 Å². The fourth-order valence-corrected chi connectivity index (χ4v) is 3.65. The number of aromatic nitrogens is 3. The van der Waals surface area contributed by atoms with Crippen LogP contribution in [0.2, 0.25) is 0 Å². The molecule has 7 nitrogen and oxygen atoms in total. The maximum absolute atomic E-state index is 12.6. The van der Waals surface area contributed by atoms with E-state index in [9.17, 15) is 9.59 Å². The summed E-state index contributed by atoms with van der Waals surface area (Å²) in [5, 5.41) is 4.30. The van der Waals surface area contributed by atoms with Gasteiger partial charge in [-0.15, -0.1) is 5.10 Å². The highest BCUT2D eigenvalue weighted by molar-refractivity contribution is 7.15. The average Bonchev–Trinajstić information content (AvgIpc) is 3.26. The normalized spacial score (nSPS) is 12.1. The highest BCUT2D eigenvalue weighted by atomic mass is 32.1. The molecule has 0 atom stereocenters. The quantitative estimate of drug-likeness (QED) is 0.517. The van der Waals surface area contributed by atoms with E-state index in [0.717, 1.165) is 11.1 Å². The lowest BCUT2D eigenvalue weighted by Crippen LogP contribution is -2.23. The first-order chi connectivity index (χ1) is 14.5. The minimum absolute atomic E-state index is 0.178. The Morgan fingerprint density at radius 1 is 1.10 bits per heavy atom. The number of rotatable bonds is 6. The van der Waals surface area contributed by atoms with Gasteiger partial charge in [0.15, 0.2) is 12.4 Å². The van der Waals surface area contributed by atoms with E-state index in [4.69, 9.17) is 10.5 Å². The minimum atomic E-state index is -0.538. The van der Waals surface area contributed by atoms with Gasteiger partial charge in [0, 0.05) is 0 Å². The summed E-state index contributed by atoms with van der Waals surface area (Å²) in [6.45, 7) is 1.86. The minimum Gasteiger partial charge on any atom is -0.484 e. The topological polar surface area (TPSA) is 99.6 Å². The van der Waals surface area contributed by atoms with Crippen LogP contribution >= 0.6 is 11.3 Å². The van der Waals surface area contributed by atoms with Crippen LogP contribution in [-0.4, -0.2) is 27.1 Å². The van der Waals surface area contributed by atoms with Gasteiger partial charge in [0.1, 0.15) is 5.75 Å². The van der Waals surface area contributed by atoms with Gasteiger partial charge in [-0.1, -0.05) is 59.4 Å². The van der Waals surface area contributed by atoms with Crippen molar-refractivity contribution in [2.45, 2.75) is 6.92 Å². The largest absolute Gasteiger partial charge is 0.484 e. The second-order valence-corrected chi connectivity index (χ2v) is 7.66. The highest BCUT2D eigenvalue weighted by Crippen LogP contribution is 2.13. The van der Waals surface area contributed by atoms with Gasteiger partial charge >= 0.3 is 0 Å². The Balaban J connectivity index is 1.55. The first kappa shape index (κ1) is 19.5. The van der Waals surface area contributed by atoms with Gasteiger partial charge in [0.05, 0.1) is 4.53 Å². The van der Waals surface area contributed by atoms with Crippen molar-refractivity contribution in [3.63, 3.8) is 0 Å². The summed E-state index contributed by atoms with van der Waals surface area (Å²) in [7, 11) is 0. The second kappa shape index (κ2) is 8.30. The Hall–Kier alpha value is -3.78. The summed E-state index contributed by atoms with van der Waals surface area (Å²) in [5.74, 6) is 0.478. The summed E-state index contributed by atoms with van der Waals surface area (Å²) in [4.78, 5) is 28.4. The number of primary amides is 1. The number of amides is 1. The molecule has 0 saturated heterocycles. The van der Waals surface area contributed by atoms with Gasteiger partial charge in [-0.2, -0.15) is 9.50 Å². The number of fused-ring (bicyclic) bond motifs is 1. The summed E-state index contributed by atoms with van der Waals surface area (Å²) in [5.41, 5.74) is 7.90. The first-order valence-electron chi connectivity index (χ1n) is 9.15. The summed E-state index contributed by atoms with van der Waals surface area (Å²) in [6, 6.07) is 15.1. The van der Waals surface area contributed by atoms with Gasteiger partial charge in [0.25, 0.3) is 11.5 Å². The fraction of sp³-hybridized carbons (Fsp3) is 0.0909. The molecule has 150 valence electrons. The summed E-state index contributed by atoms with van der Waals surface area (Å²) < 4.78 is 7.08. The number of carbonyl (C=O) groups is 1. The van der Waals surface area contributed by atoms with E-state index >= 15 is 0 Å². The van der Waals surface area contributed by atoms with E-state index in [1.807, 2.05) is 37.3 Å². The van der Waals surface area contributed by atoms with E-state index in [2.05, 4.69) is 10.1 Å². The van der Waals surface area contributed by atoms with Gasteiger partial charge in [-0.25, -0.2) is 0 Å². The lowest BCUT2D eigenvalue weighted by atomic mass is 10.1. The lowest BCUT2D eigenvalue weighted by molar-refractivity contribution is -0.119. The van der Waals surface area contributed by atoms with Crippen molar-refractivity contribution in [2.24, 2.45) is 5.73 Å². The van der Waals surface area contributed by atoms with Crippen molar-refractivity contribution in [1.82, 2.24) is 14.6 Å². The van der Waals surface area contributed by atoms with Gasteiger partial charge in [-0.05, 0) is 42.3 Å². The van der Waals surface area contributed by atoms with E-state index in [1.54, 1.807) is 36.4 Å². The molecule has 30 heavy (non-hydrogen) atoms. The van der Waals surface area contributed by atoms with Gasteiger partial charge in [0.2, 0.25) is 4.96 Å². The SMILES string of the molecule is Cc1ccc(/C=C/c2nc3s/c(=C/c4ccc(OCC(N)=O)cc4)c(=O)n3n2)cc1. The van der Waals surface area contributed by atoms with Crippen LogP contribution in [0.25, 0.3) is 23.2 Å². The molecule has 0 spiro atoms. The van der Waals surface area contributed by atoms with Crippen molar-refractivity contribution in [2.75, 3.05) is 6.61 Å².